The highest BCUT2D eigenvalue weighted by Gasteiger charge is 2.22. The number of amides is 2. The molecule has 6 heteroatoms. The van der Waals surface area contributed by atoms with E-state index >= 15 is 0 Å². The molecule has 0 radical (unpaired) electrons. The average Bonchev–Trinajstić information content (AvgIpc) is 3.51. The third-order valence-electron chi connectivity index (χ3n) is 4.79. The van der Waals surface area contributed by atoms with E-state index in [0.29, 0.717) is 40.8 Å². The van der Waals surface area contributed by atoms with Crippen molar-refractivity contribution < 1.29 is 19.1 Å². The van der Waals surface area contributed by atoms with Gasteiger partial charge in [-0.15, -0.1) is 0 Å². The Morgan fingerprint density at radius 3 is 2.52 bits per heavy atom. The van der Waals surface area contributed by atoms with E-state index in [4.69, 9.17) is 9.47 Å². The third kappa shape index (κ3) is 5.50. The van der Waals surface area contributed by atoms with E-state index in [-0.39, 0.29) is 17.9 Å². The molecule has 2 aromatic carbocycles. The molecule has 0 atom stereocenters. The molecule has 2 N–H and O–H groups in total. The zero-order valence-electron chi connectivity index (χ0n) is 17.4. The Hall–Kier alpha value is -3.02. The van der Waals surface area contributed by atoms with Gasteiger partial charge in [0.25, 0.3) is 11.8 Å². The van der Waals surface area contributed by atoms with E-state index in [1.165, 1.54) is 12.8 Å². The summed E-state index contributed by atoms with van der Waals surface area (Å²) >= 11 is 0. The Balaban J connectivity index is 1.79. The van der Waals surface area contributed by atoms with Crippen molar-refractivity contribution in [3.8, 4) is 11.5 Å². The lowest BCUT2D eigenvalue weighted by atomic mass is 10.1. The molecule has 0 aromatic heterocycles. The minimum Gasteiger partial charge on any atom is -0.497 e. The van der Waals surface area contributed by atoms with Crippen LogP contribution in [0.2, 0.25) is 0 Å². The fourth-order valence-corrected chi connectivity index (χ4v) is 2.92. The highest BCUT2D eigenvalue weighted by atomic mass is 16.5. The van der Waals surface area contributed by atoms with Crippen molar-refractivity contribution >= 4 is 17.5 Å². The largest absolute Gasteiger partial charge is 0.497 e. The van der Waals surface area contributed by atoms with Crippen LogP contribution in [-0.2, 0) is 0 Å². The van der Waals surface area contributed by atoms with Crippen LogP contribution in [0.4, 0.5) is 5.69 Å². The zero-order chi connectivity index (χ0) is 21.0. The number of ether oxygens (including phenoxy) is 2. The second-order valence-corrected chi connectivity index (χ2v) is 7.67. The number of carbonyl (C=O) groups is 2. The molecule has 1 fully saturated rings. The number of carbonyl (C=O) groups excluding carboxylic acids is 2. The van der Waals surface area contributed by atoms with Gasteiger partial charge in [-0.1, -0.05) is 6.07 Å². The SMILES string of the molecule is COc1ccc(C(=O)Nc2cc(C(=O)NCC3CC3)ccc2C)c(OC(C)C)c1. The highest BCUT2D eigenvalue weighted by molar-refractivity contribution is 6.07. The van der Waals surface area contributed by atoms with Gasteiger partial charge in [0.1, 0.15) is 11.5 Å². The number of benzene rings is 2. The number of hydrogen-bond donors (Lipinski definition) is 2. The van der Waals surface area contributed by atoms with Crippen LogP contribution >= 0.6 is 0 Å². The van der Waals surface area contributed by atoms with Crippen molar-refractivity contribution in [3.63, 3.8) is 0 Å². The predicted molar refractivity (Wildman–Crippen MR) is 113 cm³/mol. The molecule has 0 heterocycles. The molecular weight excluding hydrogens is 368 g/mol. The van der Waals surface area contributed by atoms with Crippen LogP contribution < -0.4 is 20.1 Å². The highest BCUT2D eigenvalue weighted by Crippen LogP contribution is 2.29. The second kappa shape index (κ2) is 8.99. The molecule has 2 aromatic rings. The van der Waals surface area contributed by atoms with Crippen LogP contribution in [0.1, 0.15) is 53.0 Å². The lowest BCUT2D eigenvalue weighted by Crippen LogP contribution is -2.25. The standard InChI is InChI=1S/C23H28N2O4/c1-14(2)29-21-12-18(28-4)9-10-19(21)23(27)25-20-11-17(8-5-15(20)3)22(26)24-13-16-6-7-16/h5,8-12,14,16H,6-7,13H2,1-4H3,(H,24,26)(H,25,27). The van der Waals surface area contributed by atoms with E-state index in [1.807, 2.05) is 26.8 Å². The minimum atomic E-state index is -0.304. The van der Waals surface area contributed by atoms with E-state index in [0.717, 1.165) is 5.56 Å². The van der Waals surface area contributed by atoms with Crippen LogP contribution in [0.25, 0.3) is 0 Å². The molecule has 1 aliphatic carbocycles. The van der Waals surface area contributed by atoms with Gasteiger partial charge in [0, 0.05) is 23.9 Å². The molecular formula is C23H28N2O4. The first kappa shape index (κ1) is 20.7. The van der Waals surface area contributed by atoms with Gasteiger partial charge in [0.2, 0.25) is 0 Å². The molecule has 0 unspecified atom stereocenters. The quantitative estimate of drug-likeness (QED) is 0.702. The molecule has 6 nitrogen and oxygen atoms in total. The molecule has 154 valence electrons. The topological polar surface area (TPSA) is 76.7 Å². The first-order chi connectivity index (χ1) is 13.9. The minimum absolute atomic E-state index is 0.0890. The summed E-state index contributed by atoms with van der Waals surface area (Å²) in [5.74, 6) is 1.25. The number of rotatable bonds is 8. The fourth-order valence-electron chi connectivity index (χ4n) is 2.92. The summed E-state index contributed by atoms with van der Waals surface area (Å²) in [6.45, 7) is 6.39. The number of aryl methyl sites for hydroxylation is 1. The van der Waals surface area contributed by atoms with Crippen LogP contribution in [0, 0.1) is 12.8 Å². The molecule has 1 saturated carbocycles. The van der Waals surface area contributed by atoms with E-state index < -0.39 is 0 Å². The van der Waals surface area contributed by atoms with Crippen LogP contribution in [0.15, 0.2) is 36.4 Å². The number of nitrogens with one attached hydrogen (secondary N) is 2. The summed E-state index contributed by atoms with van der Waals surface area (Å²) in [5.41, 5.74) is 2.40. The lowest BCUT2D eigenvalue weighted by molar-refractivity contribution is 0.0950. The van der Waals surface area contributed by atoms with E-state index in [9.17, 15) is 9.59 Å². The summed E-state index contributed by atoms with van der Waals surface area (Å²) in [4.78, 5) is 25.3. The average molecular weight is 396 g/mol. The molecule has 3 rings (SSSR count). The summed E-state index contributed by atoms with van der Waals surface area (Å²) in [5, 5.41) is 5.86. The molecule has 1 aliphatic rings. The van der Waals surface area contributed by atoms with Crippen LogP contribution in [-0.4, -0.2) is 31.6 Å². The normalized spacial score (nSPS) is 13.1. The number of methoxy groups -OCH3 is 1. The lowest BCUT2D eigenvalue weighted by Gasteiger charge is -2.16. The van der Waals surface area contributed by atoms with Gasteiger partial charge in [-0.3, -0.25) is 9.59 Å². The zero-order valence-corrected chi connectivity index (χ0v) is 17.4. The van der Waals surface area contributed by atoms with Crippen molar-refractivity contribution in [1.82, 2.24) is 5.32 Å². The van der Waals surface area contributed by atoms with Crippen molar-refractivity contribution in [2.75, 3.05) is 19.0 Å². The second-order valence-electron chi connectivity index (χ2n) is 7.67. The Kier molecular flexibility index (Phi) is 6.42. The van der Waals surface area contributed by atoms with Gasteiger partial charge in [-0.2, -0.15) is 0 Å². The van der Waals surface area contributed by atoms with Crippen molar-refractivity contribution in [1.29, 1.82) is 0 Å². The number of hydrogen-bond acceptors (Lipinski definition) is 4. The molecule has 0 saturated heterocycles. The fraction of sp³-hybridized carbons (Fsp3) is 0.391. The van der Waals surface area contributed by atoms with E-state index in [1.54, 1.807) is 37.4 Å². The number of anilines is 1. The molecule has 0 spiro atoms. The first-order valence-corrected chi connectivity index (χ1v) is 9.92. The van der Waals surface area contributed by atoms with Crippen LogP contribution in [0.5, 0.6) is 11.5 Å². The van der Waals surface area contributed by atoms with Crippen molar-refractivity contribution in [2.24, 2.45) is 5.92 Å². The Bertz CT molecular complexity index is 904. The summed E-state index contributed by atoms with van der Waals surface area (Å²) in [7, 11) is 1.57. The summed E-state index contributed by atoms with van der Waals surface area (Å²) in [6, 6.07) is 10.4. The monoisotopic (exact) mass is 396 g/mol. The van der Waals surface area contributed by atoms with Gasteiger partial charge in [0.05, 0.1) is 18.8 Å². The van der Waals surface area contributed by atoms with Gasteiger partial charge in [-0.25, -0.2) is 0 Å². The third-order valence-corrected chi connectivity index (χ3v) is 4.79. The van der Waals surface area contributed by atoms with Gasteiger partial charge in [0.15, 0.2) is 0 Å². The van der Waals surface area contributed by atoms with Gasteiger partial charge >= 0.3 is 0 Å². The van der Waals surface area contributed by atoms with Crippen molar-refractivity contribution in [3.05, 3.63) is 53.1 Å². The maximum Gasteiger partial charge on any atom is 0.259 e. The first-order valence-electron chi connectivity index (χ1n) is 9.92. The predicted octanol–water partition coefficient (Wildman–Crippen LogP) is 4.18. The molecule has 0 aliphatic heterocycles. The van der Waals surface area contributed by atoms with Crippen LogP contribution in [0.3, 0.4) is 0 Å². The van der Waals surface area contributed by atoms with Crippen molar-refractivity contribution in [2.45, 2.75) is 39.7 Å². The maximum atomic E-state index is 12.9. The van der Waals surface area contributed by atoms with E-state index in [2.05, 4.69) is 10.6 Å². The molecule has 2 amide bonds. The Labute approximate surface area is 171 Å². The maximum absolute atomic E-state index is 12.9. The summed E-state index contributed by atoms with van der Waals surface area (Å²) < 4.78 is 11.0. The molecule has 29 heavy (non-hydrogen) atoms. The van der Waals surface area contributed by atoms with Gasteiger partial charge in [-0.05, 0) is 69.4 Å². The smallest absolute Gasteiger partial charge is 0.259 e. The summed E-state index contributed by atoms with van der Waals surface area (Å²) in [6.07, 6.45) is 2.27. The van der Waals surface area contributed by atoms with Gasteiger partial charge < -0.3 is 20.1 Å². The Morgan fingerprint density at radius 2 is 1.86 bits per heavy atom. The molecule has 0 bridgehead atoms. The Morgan fingerprint density at radius 1 is 1.10 bits per heavy atom.